The molecule has 21 heteroatoms. The number of anilines is 1. The molecule has 0 spiro atoms. The number of hydrogen-bond donors (Lipinski definition) is 3. The largest absolute Gasteiger partial charge is 0.495 e. The molecule has 362 valence electrons. The number of nitrogens with zero attached hydrogens (tertiary/aromatic N) is 9. The Hall–Kier alpha value is -8.62. The van der Waals surface area contributed by atoms with E-state index in [0.717, 1.165) is 27.2 Å². The van der Waals surface area contributed by atoms with Crippen LogP contribution in [0.1, 0.15) is 75.2 Å². The number of pyridine rings is 1. The minimum Gasteiger partial charge on any atom is -0.495 e. The Kier molecular flexibility index (Phi) is 13.6. The second-order valence-corrected chi connectivity index (χ2v) is 16.6. The molecule has 5 N–H and O–H groups in total. The Labute approximate surface area is 400 Å². The van der Waals surface area contributed by atoms with Crippen molar-refractivity contribution in [3.63, 3.8) is 0 Å². The van der Waals surface area contributed by atoms with Crippen molar-refractivity contribution in [1.29, 1.82) is 0 Å². The summed E-state index contributed by atoms with van der Waals surface area (Å²) in [5.74, 6) is -1.98. The zero-order valence-corrected chi connectivity index (χ0v) is 39.6. The molecule has 0 saturated carbocycles. The molecule has 1 aliphatic heterocycles. The number of ether oxygens (including phenoxy) is 2. The molecule has 6 heterocycles. The van der Waals surface area contributed by atoms with Crippen molar-refractivity contribution in [1.82, 2.24) is 43.7 Å². The number of allylic oxidation sites excluding steroid dienone is 2. The number of benzene rings is 2. The second kappa shape index (κ2) is 19.9. The first kappa shape index (κ1) is 47.9. The van der Waals surface area contributed by atoms with Gasteiger partial charge in [0.25, 0.3) is 17.7 Å². The van der Waals surface area contributed by atoms with Crippen LogP contribution in [-0.2, 0) is 40.4 Å². The quantitative estimate of drug-likeness (QED) is 0.0525. The Balaban J connectivity index is 1.13. The predicted octanol–water partition coefficient (Wildman–Crippen LogP) is 4.85. The van der Waals surface area contributed by atoms with Crippen molar-refractivity contribution in [2.45, 2.75) is 66.6 Å². The summed E-state index contributed by atoms with van der Waals surface area (Å²) in [5, 5.41) is 8.99. The van der Waals surface area contributed by atoms with E-state index in [1.165, 1.54) is 36.3 Å². The number of fused-ring (bicyclic) bond motifs is 4. The number of nitrogens with one attached hydrogen (secondary N) is 1. The average molecular weight is 953 g/mol. The first-order valence-corrected chi connectivity index (χ1v) is 22.6. The lowest BCUT2D eigenvalue weighted by molar-refractivity contribution is -0.138. The lowest BCUT2D eigenvalue weighted by Gasteiger charge is -2.19. The molecule has 5 aromatic heterocycles. The van der Waals surface area contributed by atoms with Gasteiger partial charge in [0.2, 0.25) is 29.4 Å². The van der Waals surface area contributed by atoms with Crippen LogP contribution in [0.5, 0.6) is 11.5 Å². The third kappa shape index (κ3) is 9.45. The fourth-order valence-corrected chi connectivity index (χ4v) is 8.53. The highest BCUT2D eigenvalue weighted by atomic mass is 16.5. The van der Waals surface area contributed by atoms with Gasteiger partial charge in [-0.15, -0.1) is 0 Å². The molecule has 2 aromatic carbocycles. The van der Waals surface area contributed by atoms with Gasteiger partial charge in [0.05, 0.1) is 53.0 Å². The van der Waals surface area contributed by atoms with Crippen LogP contribution in [-0.4, -0.2) is 113 Å². The fraction of sp³-hybridized carbons (Fsp3) is 0.306. The summed E-state index contributed by atoms with van der Waals surface area (Å²) in [5.41, 5.74) is 17.0. The van der Waals surface area contributed by atoms with Crippen LogP contribution < -0.4 is 26.3 Å². The lowest BCUT2D eigenvalue weighted by atomic mass is 10.1. The van der Waals surface area contributed by atoms with Crippen molar-refractivity contribution in [2.24, 2.45) is 11.5 Å². The van der Waals surface area contributed by atoms with Crippen LogP contribution in [0.2, 0.25) is 0 Å². The van der Waals surface area contributed by atoms with E-state index >= 15 is 0 Å². The van der Waals surface area contributed by atoms with E-state index in [1.807, 2.05) is 49.7 Å². The lowest BCUT2D eigenvalue weighted by Crippen LogP contribution is -2.36. The van der Waals surface area contributed by atoms with Gasteiger partial charge in [-0.1, -0.05) is 19.1 Å². The van der Waals surface area contributed by atoms with Crippen LogP contribution in [0.4, 0.5) is 5.95 Å². The van der Waals surface area contributed by atoms with Gasteiger partial charge in [-0.2, -0.15) is 5.10 Å². The van der Waals surface area contributed by atoms with E-state index in [0.29, 0.717) is 70.9 Å². The van der Waals surface area contributed by atoms with Crippen molar-refractivity contribution in [2.75, 3.05) is 39.2 Å². The highest BCUT2D eigenvalue weighted by Gasteiger charge is 2.26. The number of primary amides is 2. The smallest absolute Gasteiger partial charge is 0.295 e. The summed E-state index contributed by atoms with van der Waals surface area (Å²) in [4.78, 5) is 92.3. The van der Waals surface area contributed by atoms with Crippen LogP contribution in [0, 0.1) is 13.8 Å². The summed E-state index contributed by atoms with van der Waals surface area (Å²) in [6.07, 6.45) is 8.68. The summed E-state index contributed by atoms with van der Waals surface area (Å²) < 4.78 is 23.6. The van der Waals surface area contributed by atoms with Gasteiger partial charge >= 0.3 is 0 Å². The molecule has 0 atom stereocenters. The number of aryl methyl sites for hydroxylation is 4. The van der Waals surface area contributed by atoms with Gasteiger partial charge < -0.3 is 39.4 Å². The van der Waals surface area contributed by atoms with E-state index in [9.17, 15) is 28.8 Å². The number of oxazole rings is 1. The maximum atomic E-state index is 13.9. The summed E-state index contributed by atoms with van der Waals surface area (Å²) in [6, 6.07) is 10.3. The fourth-order valence-electron chi connectivity index (χ4n) is 8.53. The predicted molar refractivity (Wildman–Crippen MR) is 258 cm³/mol. The Morgan fingerprint density at radius 1 is 0.871 bits per heavy atom. The molecule has 7 aromatic rings. The maximum absolute atomic E-state index is 13.9. The number of carbonyl (C=O) groups excluding carboxylic acids is 6. The van der Waals surface area contributed by atoms with Gasteiger partial charge in [-0.3, -0.25) is 48.6 Å². The van der Waals surface area contributed by atoms with Crippen molar-refractivity contribution >= 4 is 74.2 Å². The molecule has 0 aliphatic carbocycles. The number of nitrogens with two attached hydrogens (primary N) is 2. The van der Waals surface area contributed by atoms with Gasteiger partial charge in [0, 0.05) is 93.4 Å². The highest BCUT2D eigenvalue weighted by molar-refractivity contribution is 6.14. The second-order valence-electron chi connectivity index (χ2n) is 16.6. The van der Waals surface area contributed by atoms with Crippen LogP contribution in [0.15, 0.2) is 71.3 Å². The molecule has 0 fully saturated rings. The van der Waals surface area contributed by atoms with Gasteiger partial charge in [-0.05, 0) is 63.1 Å². The zero-order chi connectivity index (χ0) is 50.0. The molecule has 0 bridgehead atoms. The molecule has 1 aliphatic rings. The maximum Gasteiger partial charge on any atom is 0.295 e. The molecular formula is C49H52N12O9. The number of amides is 6. The molecule has 6 amide bonds. The van der Waals surface area contributed by atoms with E-state index in [4.69, 9.17) is 35.3 Å². The SMILES string of the molecule is CCc1nc(C)oc1C(=O)Nc1nc2cc(C(N)=O)cc(OCCCN(C)C(=O)CCN3C(=O)C=CC3=O)c2n1C/C=C/Cn1c2cc(-c3cc(C)nn3CC)ncc2c2cc(C(N)=O)cc(OC)c21. The van der Waals surface area contributed by atoms with Crippen LogP contribution in [0.25, 0.3) is 44.2 Å². The molecule has 8 rings (SSSR count). The Bertz CT molecular complexity index is 3300. The standard InChI is InChI=1S/C49H52N12O9/c1-7-33-45(70-28(4)53-33)48(67)55-49-54-35-22-30(47(51)66)24-39(69-19-11-15-57(5)40(62)14-18-59-41(63)12-13-42(59)64)44(35)60(49)17-10-9-16-58-36-25-34(37-20-27(3)56-61(37)8-2)52-26-32(36)31-21-29(46(50)65)23-38(68-6)43(31)58/h9-10,12-13,20-26H,7-8,11,14-19H2,1-6H3,(H2,50,65)(H2,51,66)(H,54,55,67)/b10-9+. The van der Waals surface area contributed by atoms with E-state index in [1.54, 1.807) is 36.9 Å². The normalized spacial score (nSPS) is 12.6. The highest BCUT2D eigenvalue weighted by Crippen LogP contribution is 2.38. The average Bonchev–Trinajstić information content (AvgIpc) is 4.16. The third-order valence-electron chi connectivity index (χ3n) is 12.0. The minimum atomic E-state index is -0.732. The molecule has 0 unspecified atom stereocenters. The topological polar surface area (TPSA) is 271 Å². The van der Waals surface area contributed by atoms with Gasteiger partial charge in [0.1, 0.15) is 17.0 Å². The molecule has 0 radical (unpaired) electrons. The number of methoxy groups -OCH3 is 1. The Morgan fingerprint density at radius 2 is 1.57 bits per heavy atom. The number of aromatic nitrogens is 7. The van der Waals surface area contributed by atoms with Crippen molar-refractivity contribution in [3.8, 4) is 22.9 Å². The van der Waals surface area contributed by atoms with Crippen LogP contribution in [0.3, 0.4) is 0 Å². The summed E-state index contributed by atoms with van der Waals surface area (Å²) in [6.45, 7) is 8.83. The van der Waals surface area contributed by atoms with E-state index in [-0.39, 0.29) is 67.2 Å². The summed E-state index contributed by atoms with van der Waals surface area (Å²) >= 11 is 0. The monoisotopic (exact) mass is 952 g/mol. The third-order valence-corrected chi connectivity index (χ3v) is 12.0. The first-order chi connectivity index (χ1) is 33.6. The minimum absolute atomic E-state index is 0.0308. The van der Waals surface area contributed by atoms with Gasteiger partial charge in [-0.25, -0.2) is 9.97 Å². The molecular weight excluding hydrogens is 901 g/mol. The molecule has 0 saturated heterocycles. The van der Waals surface area contributed by atoms with Crippen molar-refractivity contribution in [3.05, 3.63) is 101 Å². The molecule has 70 heavy (non-hydrogen) atoms. The number of rotatable bonds is 20. The Morgan fingerprint density at radius 3 is 2.26 bits per heavy atom. The van der Waals surface area contributed by atoms with E-state index in [2.05, 4.69) is 20.0 Å². The number of carbonyl (C=O) groups is 6. The van der Waals surface area contributed by atoms with Crippen molar-refractivity contribution < 1.29 is 42.7 Å². The zero-order valence-electron chi connectivity index (χ0n) is 39.6. The molecule has 21 nitrogen and oxygen atoms in total. The van der Waals surface area contributed by atoms with Gasteiger partial charge in [0.15, 0.2) is 5.89 Å². The first-order valence-electron chi connectivity index (χ1n) is 22.6. The summed E-state index contributed by atoms with van der Waals surface area (Å²) in [7, 11) is 3.14. The number of imidazole rings is 1. The number of hydrogen-bond acceptors (Lipinski definition) is 13. The van der Waals surface area contributed by atoms with Crippen LogP contribution >= 0.6 is 0 Å². The number of imide groups is 1. The van der Waals surface area contributed by atoms with E-state index < -0.39 is 29.5 Å².